The lowest BCUT2D eigenvalue weighted by atomic mass is 10.1. The fourth-order valence-electron chi connectivity index (χ4n) is 4.89. The quantitative estimate of drug-likeness (QED) is 0.0380. The number of rotatable bonds is 30. The third kappa shape index (κ3) is 26.2. The topological polar surface area (TPSA) is 99.1 Å². The molecule has 0 amide bonds. The molecule has 2 atom stereocenters. The van der Waals surface area contributed by atoms with Crippen molar-refractivity contribution in [1.82, 2.24) is 0 Å². The van der Waals surface area contributed by atoms with E-state index < -0.39 is 18.1 Å². The van der Waals surface area contributed by atoms with Crippen molar-refractivity contribution in [3.05, 3.63) is 12.2 Å². The summed E-state index contributed by atoms with van der Waals surface area (Å²) in [5.41, 5.74) is 0. The Labute approximate surface area is 263 Å². The van der Waals surface area contributed by atoms with Crippen molar-refractivity contribution in [2.75, 3.05) is 41.0 Å². The molecule has 0 radical (unpaired) electrons. The molecule has 0 fully saturated rings. The average molecular weight is 613 g/mol. The van der Waals surface area contributed by atoms with E-state index in [1.807, 2.05) is 21.1 Å². The zero-order chi connectivity index (χ0) is 32.2. The number of esters is 2. The molecule has 8 nitrogen and oxygen atoms in total. The Morgan fingerprint density at radius 1 is 0.674 bits per heavy atom. The van der Waals surface area contributed by atoms with Gasteiger partial charge in [0.25, 0.3) is 0 Å². The Morgan fingerprint density at radius 2 is 1.19 bits per heavy atom. The fourth-order valence-corrected chi connectivity index (χ4v) is 4.89. The number of aliphatic carboxylic acids is 1. The van der Waals surface area contributed by atoms with Gasteiger partial charge in [0.15, 0.2) is 12.1 Å². The number of allylic oxidation sites excluding steroid dienone is 2. The van der Waals surface area contributed by atoms with Gasteiger partial charge in [-0.3, -0.25) is 9.59 Å². The van der Waals surface area contributed by atoms with E-state index in [9.17, 15) is 19.5 Å². The molecule has 0 rings (SSSR count). The highest BCUT2D eigenvalue weighted by atomic mass is 16.6. The van der Waals surface area contributed by atoms with Gasteiger partial charge in [-0.1, -0.05) is 103 Å². The van der Waals surface area contributed by atoms with Crippen LogP contribution in [0.1, 0.15) is 142 Å². The second-order valence-corrected chi connectivity index (χ2v) is 12.8. The molecule has 252 valence electrons. The number of nitrogens with zero attached hydrogens (tertiary/aromatic N) is 1. The van der Waals surface area contributed by atoms with Crippen LogP contribution in [0.5, 0.6) is 0 Å². The van der Waals surface area contributed by atoms with Gasteiger partial charge in [0.2, 0.25) is 0 Å². The first-order chi connectivity index (χ1) is 20.6. The van der Waals surface area contributed by atoms with E-state index in [4.69, 9.17) is 14.2 Å². The lowest BCUT2D eigenvalue weighted by Crippen LogP contribution is -2.50. The fraction of sp³-hybridized carbons (Fsp3) is 0.857. The molecule has 0 aliphatic heterocycles. The largest absolute Gasteiger partial charge is 0.477 e. The third-order valence-electron chi connectivity index (χ3n) is 7.66. The van der Waals surface area contributed by atoms with Crippen molar-refractivity contribution in [3.8, 4) is 0 Å². The number of ether oxygens (including phenoxy) is 3. The van der Waals surface area contributed by atoms with Gasteiger partial charge in [0, 0.05) is 19.3 Å². The summed E-state index contributed by atoms with van der Waals surface area (Å²) >= 11 is 0. The molecule has 0 bridgehead atoms. The van der Waals surface area contributed by atoms with Crippen molar-refractivity contribution < 1.29 is 38.2 Å². The van der Waals surface area contributed by atoms with Crippen LogP contribution in [0, 0.1) is 0 Å². The van der Waals surface area contributed by atoms with Crippen LogP contribution in [-0.4, -0.2) is 80.6 Å². The van der Waals surface area contributed by atoms with Crippen molar-refractivity contribution >= 4 is 17.9 Å². The van der Waals surface area contributed by atoms with Crippen LogP contribution >= 0.6 is 0 Å². The summed E-state index contributed by atoms with van der Waals surface area (Å²) in [6.45, 7) is 4.64. The van der Waals surface area contributed by atoms with E-state index in [-0.39, 0.29) is 36.2 Å². The van der Waals surface area contributed by atoms with Gasteiger partial charge in [-0.2, -0.15) is 0 Å². The minimum absolute atomic E-state index is 0.0515. The van der Waals surface area contributed by atoms with Crippen LogP contribution in [0.15, 0.2) is 12.2 Å². The van der Waals surface area contributed by atoms with Crippen LogP contribution < -0.4 is 0 Å². The molecule has 0 heterocycles. The number of carboxylic acids is 1. The van der Waals surface area contributed by atoms with Crippen LogP contribution in [0.4, 0.5) is 0 Å². The van der Waals surface area contributed by atoms with Crippen LogP contribution in [0.25, 0.3) is 0 Å². The monoisotopic (exact) mass is 612 g/mol. The maximum absolute atomic E-state index is 12.5. The SMILES string of the molecule is CCCC/C=C/CCCCCCC(=O)OC(COCCC(C(=O)O)[N+](C)(C)C)COC(=O)CCCCCCCCCCC. The molecule has 0 aliphatic rings. The molecule has 8 heteroatoms. The van der Waals surface area contributed by atoms with Crippen molar-refractivity contribution in [2.45, 2.75) is 154 Å². The predicted octanol–water partition coefficient (Wildman–Crippen LogP) is 8.02. The second-order valence-electron chi connectivity index (χ2n) is 12.8. The number of carboxylic acid groups (broad SMARTS) is 1. The van der Waals surface area contributed by atoms with E-state index in [0.717, 1.165) is 57.8 Å². The lowest BCUT2D eigenvalue weighted by Gasteiger charge is -2.31. The number of hydrogen-bond acceptors (Lipinski definition) is 6. The van der Waals surface area contributed by atoms with Gasteiger partial charge < -0.3 is 23.8 Å². The van der Waals surface area contributed by atoms with Crippen molar-refractivity contribution in [3.63, 3.8) is 0 Å². The Balaban J connectivity index is 4.50. The molecule has 43 heavy (non-hydrogen) atoms. The maximum atomic E-state index is 12.5. The standard InChI is InChI=1S/C35H65NO7/c1-6-8-10-12-14-16-18-20-22-24-26-34(38)43-31(29-41-28-27-32(35(39)40)36(3,4)5)30-42-33(37)25-23-21-19-17-15-13-11-9-7-2/h12,14,31-32H,6-11,13,15-30H2,1-5H3/p+1/b14-12+. The highest BCUT2D eigenvalue weighted by Crippen LogP contribution is 2.13. The highest BCUT2D eigenvalue weighted by molar-refractivity contribution is 5.72. The van der Waals surface area contributed by atoms with E-state index in [1.54, 1.807) is 0 Å². The molecule has 0 aromatic carbocycles. The van der Waals surface area contributed by atoms with E-state index in [0.29, 0.717) is 19.3 Å². The van der Waals surface area contributed by atoms with Gasteiger partial charge in [-0.25, -0.2) is 4.79 Å². The first-order valence-corrected chi connectivity index (χ1v) is 17.2. The van der Waals surface area contributed by atoms with E-state index >= 15 is 0 Å². The zero-order valence-electron chi connectivity index (χ0n) is 28.4. The molecule has 0 spiro atoms. The van der Waals surface area contributed by atoms with Crippen molar-refractivity contribution in [2.24, 2.45) is 0 Å². The second kappa shape index (κ2) is 27.6. The first kappa shape index (κ1) is 41.1. The molecule has 2 unspecified atom stereocenters. The third-order valence-corrected chi connectivity index (χ3v) is 7.66. The molecule has 0 aliphatic carbocycles. The van der Waals surface area contributed by atoms with Gasteiger partial charge in [-0.05, 0) is 32.1 Å². The van der Waals surface area contributed by atoms with Crippen molar-refractivity contribution in [1.29, 1.82) is 0 Å². The number of carbonyl (C=O) groups is 3. The number of unbranched alkanes of at least 4 members (excludes halogenated alkanes) is 14. The summed E-state index contributed by atoms with van der Waals surface area (Å²) in [4.78, 5) is 36.5. The van der Waals surface area contributed by atoms with Gasteiger partial charge >= 0.3 is 17.9 Å². The number of carbonyl (C=O) groups excluding carboxylic acids is 2. The van der Waals surface area contributed by atoms with Crippen LogP contribution in [-0.2, 0) is 28.6 Å². The van der Waals surface area contributed by atoms with Crippen LogP contribution in [0.3, 0.4) is 0 Å². The van der Waals surface area contributed by atoms with Gasteiger partial charge in [-0.15, -0.1) is 0 Å². The highest BCUT2D eigenvalue weighted by Gasteiger charge is 2.31. The van der Waals surface area contributed by atoms with Gasteiger partial charge in [0.05, 0.1) is 34.4 Å². The molecule has 0 saturated heterocycles. The summed E-state index contributed by atoms with van der Waals surface area (Å²) < 4.78 is 17.1. The van der Waals surface area contributed by atoms with E-state index in [1.165, 1.54) is 51.4 Å². The number of hydrogen-bond donors (Lipinski definition) is 1. The molecule has 1 N–H and O–H groups in total. The van der Waals surface area contributed by atoms with Gasteiger partial charge in [0.1, 0.15) is 6.61 Å². The average Bonchev–Trinajstić information content (AvgIpc) is 2.94. The minimum Gasteiger partial charge on any atom is -0.477 e. The zero-order valence-corrected chi connectivity index (χ0v) is 28.4. The first-order valence-electron chi connectivity index (χ1n) is 17.2. The number of quaternary nitrogens is 1. The summed E-state index contributed by atoms with van der Waals surface area (Å²) in [7, 11) is 5.50. The lowest BCUT2D eigenvalue weighted by molar-refractivity contribution is -0.887. The minimum atomic E-state index is -0.878. The molecular formula is C35H66NO7+. The molecule has 0 aromatic heterocycles. The summed E-state index contributed by atoms with van der Waals surface area (Å²) in [6, 6.07) is -0.609. The predicted molar refractivity (Wildman–Crippen MR) is 174 cm³/mol. The van der Waals surface area contributed by atoms with Crippen LogP contribution in [0.2, 0.25) is 0 Å². The summed E-state index contributed by atoms with van der Waals surface area (Å²) in [5, 5.41) is 9.54. The Morgan fingerprint density at radius 3 is 1.74 bits per heavy atom. The maximum Gasteiger partial charge on any atom is 0.362 e. The molecule has 0 aromatic rings. The number of likely N-dealkylation sites (N-methyl/N-ethyl adjacent to an activating group) is 1. The Kier molecular flexibility index (Phi) is 26.4. The van der Waals surface area contributed by atoms with E-state index in [2.05, 4.69) is 26.0 Å². The Hall–Kier alpha value is -1.93. The summed E-state index contributed by atoms with van der Waals surface area (Å²) in [6.07, 6.45) is 24.0. The molecular weight excluding hydrogens is 546 g/mol. The normalized spacial score (nSPS) is 13.2. The summed E-state index contributed by atoms with van der Waals surface area (Å²) in [5.74, 6) is -1.49. The Bertz CT molecular complexity index is 732. The smallest absolute Gasteiger partial charge is 0.362 e. The molecule has 0 saturated carbocycles.